The van der Waals surface area contributed by atoms with E-state index < -0.39 is 12.0 Å². The number of aliphatic hydroxyl groups excluding tert-OH is 1. The Morgan fingerprint density at radius 1 is 1.13 bits per heavy atom. The van der Waals surface area contributed by atoms with E-state index in [1.165, 1.54) is 4.90 Å². The first-order chi connectivity index (χ1) is 15.0. The average molecular weight is 436 g/mol. The number of rotatable bonds is 4. The molecule has 7 heteroatoms. The molecular formula is C24H22ClN3O3. The van der Waals surface area contributed by atoms with Gasteiger partial charge in [0.05, 0.1) is 23.2 Å². The van der Waals surface area contributed by atoms with Crippen molar-refractivity contribution < 1.29 is 9.90 Å². The highest BCUT2D eigenvalue weighted by atomic mass is 35.5. The van der Waals surface area contributed by atoms with Crippen LogP contribution in [0.5, 0.6) is 0 Å². The van der Waals surface area contributed by atoms with Crippen molar-refractivity contribution in [1.82, 2.24) is 14.9 Å². The Balaban J connectivity index is 1.41. The lowest BCUT2D eigenvalue weighted by atomic mass is 9.94. The van der Waals surface area contributed by atoms with Gasteiger partial charge in [0.25, 0.3) is 11.5 Å². The van der Waals surface area contributed by atoms with Crippen LogP contribution < -0.4 is 5.56 Å². The Hall–Kier alpha value is -2.96. The number of benzene rings is 2. The molecule has 1 unspecified atom stereocenters. The van der Waals surface area contributed by atoms with Crippen LogP contribution in [0.3, 0.4) is 0 Å². The Bertz CT molecular complexity index is 1200. The molecule has 2 aliphatic rings. The second-order valence-corrected chi connectivity index (χ2v) is 8.63. The molecule has 1 aliphatic heterocycles. The van der Waals surface area contributed by atoms with Crippen LogP contribution in [0.4, 0.5) is 0 Å². The first-order valence-electron chi connectivity index (χ1n) is 10.4. The number of H-pyrrole nitrogens is 1. The average Bonchev–Trinajstić information content (AvgIpc) is 3.61. The highest BCUT2D eigenvalue weighted by Gasteiger charge is 2.48. The molecule has 3 aromatic rings. The van der Waals surface area contributed by atoms with Crippen molar-refractivity contribution >= 4 is 17.5 Å². The molecule has 2 aromatic carbocycles. The highest BCUT2D eigenvalue weighted by molar-refractivity contribution is 6.31. The van der Waals surface area contributed by atoms with E-state index >= 15 is 0 Å². The predicted octanol–water partition coefficient (Wildman–Crippen LogP) is 3.12. The molecule has 1 fully saturated rings. The number of fused-ring (bicyclic) bond motifs is 1. The van der Waals surface area contributed by atoms with Gasteiger partial charge in [-0.1, -0.05) is 60.1 Å². The van der Waals surface area contributed by atoms with Gasteiger partial charge in [0.2, 0.25) is 0 Å². The third-order valence-corrected chi connectivity index (χ3v) is 6.69. The van der Waals surface area contributed by atoms with Crippen LogP contribution in [0.2, 0.25) is 5.02 Å². The van der Waals surface area contributed by atoms with Crippen molar-refractivity contribution in [2.24, 2.45) is 0 Å². The van der Waals surface area contributed by atoms with Crippen LogP contribution in [0.15, 0.2) is 59.4 Å². The van der Waals surface area contributed by atoms with E-state index in [9.17, 15) is 14.7 Å². The number of nitrogens with one attached hydrogen (secondary N) is 1. The minimum atomic E-state index is -1.37. The van der Waals surface area contributed by atoms with Crippen molar-refractivity contribution in [3.63, 3.8) is 0 Å². The first kappa shape index (κ1) is 20.0. The summed E-state index contributed by atoms with van der Waals surface area (Å²) >= 11 is 6.13. The summed E-state index contributed by atoms with van der Waals surface area (Å²) in [4.78, 5) is 35.1. The maximum atomic E-state index is 12.9. The van der Waals surface area contributed by atoms with Crippen LogP contribution in [-0.2, 0) is 23.2 Å². The third-order valence-electron chi connectivity index (χ3n) is 6.34. The Morgan fingerprint density at radius 2 is 1.84 bits per heavy atom. The Labute approximate surface area is 184 Å². The summed E-state index contributed by atoms with van der Waals surface area (Å²) in [7, 11) is 0. The Morgan fingerprint density at radius 3 is 2.55 bits per heavy atom. The first-order valence-corrected chi connectivity index (χ1v) is 10.8. The van der Waals surface area contributed by atoms with Gasteiger partial charge in [-0.05, 0) is 24.5 Å². The van der Waals surface area contributed by atoms with Gasteiger partial charge in [0.1, 0.15) is 5.82 Å². The fraction of sp³-hybridized carbons (Fsp3) is 0.292. The molecular weight excluding hydrogens is 414 g/mol. The molecule has 6 nitrogen and oxygen atoms in total. The number of carbonyl (C=O) groups is 1. The second-order valence-electron chi connectivity index (χ2n) is 8.22. The summed E-state index contributed by atoms with van der Waals surface area (Å²) in [5.41, 5.74) is 2.31. The third kappa shape index (κ3) is 3.46. The SMILES string of the molecule is O=C(C(O)c1ccccc1Cl)N1CCc2nc(C3(c4ccccc4)CC3)[nH]c(=O)c2C1. The molecule has 1 amide bonds. The smallest absolute Gasteiger partial charge is 0.256 e. The van der Waals surface area contributed by atoms with E-state index in [4.69, 9.17) is 16.6 Å². The molecule has 5 rings (SSSR count). The van der Waals surface area contributed by atoms with Gasteiger partial charge in [-0.3, -0.25) is 9.59 Å². The molecule has 0 spiro atoms. The number of carbonyl (C=O) groups excluding carboxylic acids is 1. The van der Waals surface area contributed by atoms with Crippen molar-refractivity contribution in [2.45, 2.75) is 37.3 Å². The van der Waals surface area contributed by atoms with E-state index in [2.05, 4.69) is 17.1 Å². The quantitative estimate of drug-likeness (QED) is 0.659. The van der Waals surface area contributed by atoms with Crippen molar-refractivity contribution in [1.29, 1.82) is 0 Å². The number of nitrogens with zero attached hydrogens (tertiary/aromatic N) is 2. The normalized spacial score (nSPS) is 17.7. The standard InChI is InChI=1S/C24H22ClN3O3/c25-18-9-5-4-8-16(18)20(29)22(31)28-13-10-19-17(14-28)21(30)27-23(26-19)24(11-12-24)15-6-2-1-3-7-15/h1-9,20,29H,10-14H2,(H,26,27,30). The largest absolute Gasteiger partial charge is 0.378 e. The predicted molar refractivity (Wildman–Crippen MR) is 117 cm³/mol. The number of hydrogen-bond donors (Lipinski definition) is 2. The fourth-order valence-electron chi connectivity index (χ4n) is 4.39. The van der Waals surface area contributed by atoms with Crippen LogP contribution >= 0.6 is 11.6 Å². The van der Waals surface area contributed by atoms with Crippen molar-refractivity contribution in [2.75, 3.05) is 6.54 Å². The number of amides is 1. The van der Waals surface area contributed by atoms with Crippen molar-refractivity contribution in [3.05, 3.63) is 98.2 Å². The van der Waals surface area contributed by atoms with E-state index in [0.29, 0.717) is 34.9 Å². The number of halogens is 1. The second kappa shape index (κ2) is 7.62. The van der Waals surface area contributed by atoms with Gasteiger partial charge in [-0.15, -0.1) is 0 Å². The van der Waals surface area contributed by atoms with E-state index in [1.807, 2.05) is 18.2 Å². The number of hydrogen-bond acceptors (Lipinski definition) is 4. The molecule has 0 radical (unpaired) electrons. The Kier molecular flexibility index (Phi) is 4.91. The van der Waals surface area contributed by atoms with Gasteiger partial charge >= 0.3 is 0 Å². The van der Waals surface area contributed by atoms with E-state index in [1.54, 1.807) is 24.3 Å². The zero-order valence-electron chi connectivity index (χ0n) is 16.8. The summed E-state index contributed by atoms with van der Waals surface area (Å²) in [5.74, 6) is 0.239. The minimum Gasteiger partial charge on any atom is -0.378 e. The minimum absolute atomic E-state index is 0.122. The molecule has 2 heterocycles. The van der Waals surface area contributed by atoms with Crippen molar-refractivity contribution in [3.8, 4) is 0 Å². The number of aromatic amines is 1. The molecule has 0 saturated heterocycles. The topological polar surface area (TPSA) is 86.3 Å². The number of aromatic nitrogens is 2. The van der Waals surface area contributed by atoms with Gasteiger partial charge < -0.3 is 15.0 Å². The van der Waals surface area contributed by atoms with E-state index in [-0.39, 0.29) is 17.5 Å². The highest BCUT2D eigenvalue weighted by Crippen LogP contribution is 2.51. The number of aliphatic hydroxyl groups is 1. The lowest BCUT2D eigenvalue weighted by Gasteiger charge is -2.30. The monoisotopic (exact) mass is 435 g/mol. The molecule has 31 heavy (non-hydrogen) atoms. The zero-order chi connectivity index (χ0) is 21.6. The fourth-order valence-corrected chi connectivity index (χ4v) is 4.63. The van der Waals surface area contributed by atoms with Crippen LogP contribution in [0, 0.1) is 0 Å². The molecule has 0 bridgehead atoms. The van der Waals surface area contributed by atoms with Crippen LogP contribution in [0.25, 0.3) is 0 Å². The van der Waals surface area contributed by atoms with Gasteiger partial charge in [0, 0.05) is 23.6 Å². The summed E-state index contributed by atoms with van der Waals surface area (Å²) < 4.78 is 0. The molecule has 158 valence electrons. The lowest BCUT2D eigenvalue weighted by molar-refractivity contribution is -0.141. The summed E-state index contributed by atoms with van der Waals surface area (Å²) in [5, 5.41) is 10.9. The molecule has 2 N–H and O–H groups in total. The zero-order valence-corrected chi connectivity index (χ0v) is 17.6. The maximum Gasteiger partial charge on any atom is 0.256 e. The molecule has 1 atom stereocenters. The maximum absolute atomic E-state index is 12.9. The van der Waals surface area contributed by atoms with Gasteiger partial charge in [-0.2, -0.15) is 0 Å². The van der Waals surface area contributed by atoms with Gasteiger partial charge in [-0.25, -0.2) is 4.98 Å². The van der Waals surface area contributed by atoms with Crippen LogP contribution in [0.1, 0.15) is 47.2 Å². The molecule has 1 saturated carbocycles. The molecule has 1 aromatic heterocycles. The van der Waals surface area contributed by atoms with E-state index in [0.717, 1.165) is 24.1 Å². The van der Waals surface area contributed by atoms with Crippen LogP contribution in [-0.4, -0.2) is 32.4 Å². The summed E-state index contributed by atoms with van der Waals surface area (Å²) in [6, 6.07) is 16.8. The summed E-state index contributed by atoms with van der Waals surface area (Å²) in [6.45, 7) is 0.512. The van der Waals surface area contributed by atoms with Gasteiger partial charge in [0.15, 0.2) is 6.10 Å². The molecule has 1 aliphatic carbocycles. The lowest BCUT2D eigenvalue weighted by Crippen LogP contribution is -2.42. The summed E-state index contributed by atoms with van der Waals surface area (Å²) in [6.07, 6.45) is 1.01.